The zero-order valence-corrected chi connectivity index (χ0v) is 15.0. The molecule has 0 saturated carbocycles. The molecule has 1 fully saturated rings. The number of aryl methyl sites for hydroxylation is 1. The number of likely N-dealkylation sites (tertiary alicyclic amines) is 1. The summed E-state index contributed by atoms with van der Waals surface area (Å²) >= 11 is 0. The molecule has 4 rings (SSSR count). The number of hydrogen-bond donors (Lipinski definition) is 0. The zero-order valence-electron chi connectivity index (χ0n) is 15.0. The van der Waals surface area contributed by atoms with Gasteiger partial charge in [0.1, 0.15) is 11.5 Å². The summed E-state index contributed by atoms with van der Waals surface area (Å²) in [4.78, 5) is 14.7. The van der Waals surface area contributed by atoms with Crippen molar-refractivity contribution in [2.45, 2.75) is 38.6 Å². The van der Waals surface area contributed by atoms with Crippen LogP contribution in [-0.2, 0) is 0 Å². The maximum Gasteiger partial charge on any atom is 0.293 e. The topological polar surface area (TPSA) is 72.4 Å². The third kappa shape index (κ3) is 3.63. The Bertz CT molecular complexity index is 932. The first-order chi connectivity index (χ1) is 13.1. The molecule has 0 bridgehead atoms. The Labute approximate surface area is 155 Å². The van der Waals surface area contributed by atoms with Gasteiger partial charge >= 0.3 is 0 Å². The smallest absolute Gasteiger partial charge is 0.293 e. The van der Waals surface area contributed by atoms with E-state index in [1.807, 2.05) is 6.07 Å². The van der Waals surface area contributed by atoms with Crippen LogP contribution in [0.15, 0.2) is 45.4 Å². The lowest BCUT2D eigenvalue weighted by Crippen LogP contribution is -2.34. The fourth-order valence-corrected chi connectivity index (χ4v) is 3.46. The molecular weight excluding hydrogens is 349 g/mol. The van der Waals surface area contributed by atoms with Gasteiger partial charge in [-0.1, -0.05) is 23.2 Å². The highest BCUT2D eigenvalue weighted by Gasteiger charge is 2.31. The fraction of sp³-hybridized carbons (Fsp3) is 0.350. The van der Waals surface area contributed by atoms with Gasteiger partial charge in [0.05, 0.1) is 11.7 Å². The van der Waals surface area contributed by atoms with Crippen molar-refractivity contribution in [1.29, 1.82) is 0 Å². The number of halogens is 1. The number of aromatic nitrogens is 2. The molecule has 3 heterocycles. The molecule has 3 aromatic rings. The normalized spacial score (nSPS) is 17.7. The molecule has 2 aromatic heterocycles. The van der Waals surface area contributed by atoms with Crippen LogP contribution in [0.25, 0.3) is 11.3 Å². The van der Waals surface area contributed by atoms with Crippen LogP contribution in [0.1, 0.15) is 53.7 Å². The maximum absolute atomic E-state index is 13.1. The Morgan fingerprint density at radius 1 is 1.11 bits per heavy atom. The first-order valence-corrected chi connectivity index (χ1v) is 9.08. The van der Waals surface area contributed by atoms with E-state index in [2.05, 4.69) is 10.3 Å². The highest BCUT2D eigenvalue weighted by molar-refractivity contribution is 5.91. The summed E-state index contributed by atoms with van der Waals surface area (Å²) in [6.45, 7) is 2.41. The third-order valence-electron chi connectivity index (χ3n) is 4.85. The lowest BCUT2D eigenvalue weighted by molar-refractivity contribution is 0.0631. The summed E-state index contributed by atoms with van der Waals surface area (Å²) in [7, 11) is 0. The SMILES string of the molecule is Cc1cc(C(=O)N2CCCCCC2c2cc(-c3ccc(F)cc3)on2)on1. The number of hydrogen-bond acceptors (Lipinski definition) is 5. The standard InChI is InChI=1S/C20H20FN3O3/c1-13-11-19(27-22-13)20(25)24-10-4-2-3-5-17(24)16-12-18(26-23-16)14-6-8-15(21)9-7-14/h6-9,11-12,17H,2-5,10H2,1H3. The van der Waals surface area contributed by atoms with E-state index in [1.54, 1.807) is 30.0 Å². The molecule has 1 atom stereocenters. The van der Waals surface area contributed by atoms with Gasteiger partial charge in [-0.25, -0.2) is 4.39 Å². The van der Waals surface area contributed by atoms with Crippen molar-refractivity contribution in [3.05, 3.63) is 59.4 Å². The van der Waals surface area contributed by atoms with Crippen LogP contribution in [0.4, 0.5) is 4.39 Å². The van der Waals surface area contributed by atoms with E-state index < -0.39 is 0 Å². The van der Waals surface area contributed by atoms with E-state index in [0.29, 0.717) is 23.7 Å². The summed E-state index contributed by atoms with van der Waals surface area (Å²) in [6, 6.07) is 9.34. The number of carbonyl (C=O) groups is 1. The first kappa shape index (κ1) is 17.5. The van der Waals surface area contributed by atoms with E-state index >= 15 is 0 Å². The molecule has 0 radical (unpaired) electrons. The van der Waals surface area contributed by atoms with Crippen molar-refractivity contribution in [2.24, 2.45) is 0 Å². The van der Waals surface area contributed by atoms with E-state index in [1.165, 1.54) is 12.1 Å². The predicted octanol–water partition coefficient (Wildman–Crippen LogP) is 4.53. The van der Waals surface area contributed by atoms with Gasteiger partial charge in [0.25, 0.3) is 5.91 Å². The van der Waals surface area contributed by atoms with Gasteiger partial charge < -0.3 is 13.9 Å². The molecule has 1 aromatic carbocycles. The molecule has 0 spiro atoms. The van der Waals surface area contributed by atoms with Crippen LogP contribution >= 0.6 is 0 Å². The van der Waals surface area contributed by atoms with Crippen molar-refractivity contribution in [3.63, 3.8) is 0 Å². The molecule has 1 aliphatic rings. The van der Waals surface area contributed by atoms with E-state index in [0.717, 1.165) is 31.2 Å². The largest absolute Gasteiger partial charge is 0.356 e. The molecule has 27 heavy (non-hydrogen) atoms. The maximum atomic E-state index is 13.1. The van der Waals surface area contributed by atoms with E-state index in [4.69, 9.17) is 9.05 Å². The number of nitrogens with zero attached hydrogens (tertiary/aromatic N) is 3. The highest BCUT2D eigenvalue weighted by atomic mass is 19.1. The van der Waals surface area contributed by atoms with Crippen LogP contribution < -0.4 is 0 Å². The number of rotatable bonds is 3. The Balaban J connectivity index is 1.63. The van der Waals surface area contributed by atoms with Crippen LogP contribution in [-0.4, -0.2) is 27.7 Å². The predicted molar refractivity (Wildman–Crippen MR) is 95.4 cm³/mol. The average molecular weight is 369 g/mol. The Morgan fingerprint density at radius 2 is 1.93 bits per heavy atom. The molecule has 0 aliphatic carbocycles. The zero-order chi connectivity index (χ0) is 18.8. The van der Waals surface area contributed by atoms with Gasteiger partial charge in [-0.3, -0.25) is 4.79 Å². The number of amides is 1. The highest BCUT2D eigenvalue weighted by Crippen LogP contribution is 2.33. The summed E-state index contributed by atoms with van der Waals surface area (Å²) in [6.07, 6.45) is 3.79. The van der Waals surface area contributed by atoms with Gasteiger partial charge in [0, 0.05) is 24.2 Å². The monoisotopic (exact) mass is 369 g/mol. The molecule has 140 valence electrons. The van der Waals surface area contributed by atoms with Crippen LogP contribution in [0.5, 0.6) is 0 Å². The van der Waals surface area contributed by atoms with Gasteiger partial charge in [-0.05, 0) is 44.0 Å². The Hall–Kier alpha value is -2.96. The van der Waals surface area contributed by atoms with Crippen LogP contribution in [0.3, 0.4) is 0 Å². The third-order valence-corrected chi connectivity index (χ3v) is 4.85. The van der Waals surface area contributed by atoms with Crippen molar-refractivity contribution in [1.82, 2.24) is 15.2 Å². The molecule has 6 nitrogen and oxygen atoms in total. The van der Waals surface area contributed by atoms with Gasteiger partial charge in [-0.2, -0.15) is 0 Å². The molecule has 1 saturated heterocycles. The molecule has 1 unspecified atom stereocenters. The molecule has 0 N–H and O–H groups in total. The lowest BCUT2D eigenvalue weighted by Gasteiger charge is -2.27. The molecule has 1 amide bonds. The van der Waals surface area contributed by atoms with Crippen molar-refractivity contribution in [2.75, 3.05) is 6.54 Å². The van der Waals surface area contributed by atoms with Gasteiger partial charge in [0.15, 0.2) is 5.76 Å². The number of benzene rings is 1. The van der Waals surface area contributed by atoms with Crippen LogP contribution in [0, 0.1) is 12.7 Å². The second-order valence-corrected chi connectivity index (χ2v) is 6.82. The number of carbonyl (C=O) groups excluding carboxylic acids is 1. The summed E-state index contributed by atoms with van der Waals surface area (Å²) in [5, 5.41) is 8.02. The quantitative estimate of drug-likeness (QED) is 0.678. The minimum Gasteiger partial charge on any atom is -0.356 e. The van der Waals surface area contributed by atoms with Crippen molar-refractivity contribution in [3.8, 4) is 11.3 Å². The second kappa shape index (κ2) is 7.34. The Kier molecular flexibility index (Phi) is 4.75. The summed E-state index contributed by atoms with van der Waals surface area (Å²) in [5.74, 6) is 0.300. The van der Waals surface area contributed by atoms with E-state index in [9.17, 15) is 9.18 Å². The Morgan fingerprint density at radius 3 is 2.67 bits per heavy atom. The van der Waals surface area contributed by atoms with Gasteiger partial charge in [0.2, 0.25) is 5.76 Å². The average Bonchev–Trinajstić information content (AvgIpc) is 3.25. The molecular formula is C20H20FN3O3. The van der Waals surface area contributed by atoms with E-state index in [-0.39, 0.29) is 23.5 Å². The fourth-order valence-electron chi connectivity index (χ4n) is 3.46. The van der Waals surface area contributed by atoms with Crippen LogP contribution in [0.2, 0.25) is 0 Å². The molecule has 1 aliphatic heterocycles. The minimum absolute atomic E-state index is 0.186. The van der Waals surface area contributed by atoms with Crippen molar-refractivity contribution >= 4 is 5.91 Å². The van der Waals surface area contributed by atoms with Crippen molar-refractivity contribution < 1.29 is 18.2 Å². The minimum atomic E-state index is -0.304. The second-order valence-electron chi connectivity index (χ2n) is 6.82. The van der Waals surface area contributed by atoms with Gasteiger partial charge in [-0.15, -0.1) is 0 Å². The first-order valence-electron chi connectivity index (χ1n) is 9.08. The summed E-state index contributed by atoms with van der Waals surface area (Å²) in [5.41, 5.74) is 2.11. The lowest BCUT2D eigenvalue weighted by atomic mass is 10.0. The summed E-state index contributed by atoms with van der Waals surface area (Å²) < 4.78 is 23.8. The molecule has 7 heteroatoms.